The summed E-state index contributed by atoms with van der Waals surface area (Å²) in [6.45, 7) is 5.56. The molecule has 2 N–H and O–H groups in total. The van der Waals surface area contributed by atoms with Crippen LogP contribution in [0.1, 0.15) is 49.5 Å². The van der Waals surface area contributed by atoms with Crippen molar-refractivity contribution < 1.29 is 18.7 Å². The molecule has 0 saturated carbocycles. The molecule has 0 radical (unpaired) electrons. The molecule has 0 aromatic heterocycles. The van der Waals surface area contributed by atoms with E-state index in [1.165, 1.54) is 0 Å². The van der Waals surface area contributed by atoms with Crippen molar-refractivity contribution in [2.24, 2.45) is 0 Å². The fourth-order valence-corrected chi connectivity index (χ4v) is 2.90. The minimum absolute atomic E-state index is 0.109. The molecule has 1 amide bonds. The number of rotatable bonds is 5. The topological polar surface area (TPSA) is 70.7 Å². The van der Waals surface area contributed by atoms with Crippen molar-refractivity contribution in [1.82, 2.24) is 10.2 Å². The second-order valence-electron chi connectivity index (χ2n) is 7.56. The second kappa shape index (κ2) is 8.88. The van der Waals surface area contributed by atoms with E-state index in [0.717, 1.165) is 22.4 Å². The Morgan fingerprint density at radius 1 is 1.33 bits per heavy atom. The molecule has 2 rings (SSSR count). The number of likely N-dealkylation sites (tertiary alicyclic amines) is 1. The van der Waals surface area contributed by atoms with Crippen LogP contribution < -0.4 is 10.6 Å². The molecule has 1 heterocycles. The highest BCUT2D eigenvalue weighted by Gasteiger charge is 2.34. The lowest BCUT2D eigenvalue weighted by Crippen LogP contribution is -2.48. The van der Waals surface area contributed by atoms with Crippen LogP contribution in [0.4, 0.5) is 14.9 Å². The molecule has 0 aliphatic carbocycles. The van der Waals surface area contributed by atoms with Gasteiger partial charge in [0.1, 0.15) is 5.60 Å². The van der Waals surface area contributed by atoms with Crippen LogP contribution in [-0.4, -0.2) is 48.8 Å². The van der Waals surface area contributed by atoms with Crippen LogP contribution in [0, 0.1) is 0 Å². The lowest BCUT2D eigenvalue weighted by Gasteiger charge is -2.36. The average molecular weight is 377 g/mol. The molecule has 2 unspecified atom stereocenters. The number of ether oxygens (including phenoxy) is 1. The van der Waals surface area contributed by atoms with Gasteiger partial charge in [0.05, 0.1) is 0 Å². The van der Waals surface area contributed by atoms with Crippen molar-refractivity contribution in [2.45, 2.75) is 51.6 Å². The Morgan fingerprint density at radius 2 is 2.07 bits per heavy atom. The van der Waals surface area contributed by atoms with E-state index in [-0.39, 0.29) is 19.0 Å². The molecule has 6 nitrogen and oxygen atoms in total. The summed E-state index contributed by atoms with van der Waals surface area (Å²) >= 11 is 0. The summed E-state index contributed by atoms with van der Waals surface area (Å²) in [5.74, 6) is 0. The fraction of sp³-hybridized carbons (Fsp3) is 0.500. The zero-order valence-electron chi connectivity index (χ0n) is 16.3. The Balaban J connectivity index is 2.01. The van der Waals surface area contributed by atoms with Crippen LogP contribution in [0.15, 0.2) is 24.4 Å². The number of amides is 1. The van der Waals surface area contributed by atoms with Gasteiger partial charge in [-0.05, 0) is 63.2 Å². The number of hydrogen-bond donors (Lipinski definition) is 2. The van der Waals surface area contributed by atoms with Gasteiger partial charge in [0.25, 0.3) is 0 Å². The SMILES string of the molecule is CN/C=C\c1cc(NC2CCN(C(=O)OC(C)(C)C)C(F)C2)ccc1C=O. The zero-order valence-corrected chi connectivity index (χ0v) is 16.3. The van der Waals surface area contributed by atoms with Gasteiger partial charge in [-0.2, -0.15) is 0 Å². The summed E-state index contributed by atoms with van der Waals surface area (Å²) < 4.78 is 19.8. The molecule has 1 saturated heterocycles. The van der Waals surface area contributed by atoms with Gasteiger partial charge in [-0.1, -0.05) is 0 Å². The summed E-state index contributed by atoms with van der Waals surface area (Å²) in [6.07, 6.45) is 3.11. The van der Waals surface area contributed by atoms with E-state index in [1.54, 1.807) is 52.2 Å². The molecule has 2 atom stereocenters. The summed E-state index contributed by atoms with van der Waals surface area (Å²) in [7, 11) is 1.78. The predicted molar refractivity (Wildman–Crippen MR) is 104 cm³/mol. The maximum Gasteiger partial charge on any atom is 0.412 e. The van der Waals surface area contributed by atoms with E-state index >= 15 is 0 Å². The van der Waals surface area contributed by atoms with E-state index in [4.69, 9.17) is 4.74 Å². The lowest BCUT2D eigenvalue weighted by molar-refractivity contribution is -0.0154. The molecule has 1 aliphatic heterocycles. The Kier molecular flexibility index (Phi) is 6.82. The molecule has 0 bridgehead atoms. The molecule has 1 aromatic rings. The second-order valence-corrected chi connectivity index (χ2v) is 7.56. The van der Waals surface area contributed by atoms with Crippen molar-refractivity contribution in [3.05, 3.63) is 35.5 Å². The van der Waals surface area contributed by atoms with E-state index in [9.17, 15) is 14.0 Å². The molecule has 0 spiro atoms. The zero-order chi connectivity index (χ0) is 20.0. The van der Waals surface area contributed by atoms with Gasteiger partial charge >= 0.3 is 6.09 Å². The number of nitrogens with zero attached hydrogens (tertiary/aromatic N) is 1. The molecule has 7 heteroatoms. The summed E-state index contributed by atoms with van der Waals surface area (Å²) in [6, 6.07) is 5.27. The van der Waals surface area contributed by atoms with Gasteiger partial charge in [-0.25, -0.2) is 9.18 Å². The van der Waals surface area contributed by atoms with Gasteiger partial charge in [0.2, 0.25) is 0 Å². The van der Waals surface area contributed by atoms with Crippen molar-refractivity contribution in [3.63, 3.8) is 0 Å². The number of hydrogen-bond acceptors (Lipinski definition) is 5. The quantitative estimate of drug-likeness (QED) is 0.603. The Labute approximate surface area is 159 Å². The Bertz CT molecular complexity index is 700. The molecular formula is C20H28FN3O3. The molecule has 1 aliphatic rings. The van der Waals surface area contributed by atoms with Gasteiger partial charge in [0.15, 0.2) is 12.6 Å². The number of nitrogens with one attached hydrogen (secondary N) is 2. The number of alkyl halides is 1. The standard InChI is InChI=1S/C20H28FN3O3/c1-20(2,3)27-19(26)24-10-8-17(12-18(24)21)23-16-6-5-15(13-25)14(11-16)7-9-22-4/h5-7,9,11,13,17-18,22-23H,8,10,12H2,1-4H3/b9-7-. The van der Waals surface area contributed by atoms with Crippen molar-refractivity contribution >= 4 is 24.1 Å². The van der Waals surface area contributed by atoms with Crippen LogP contribution in [0.2, 0.25) is 0 Å². The first-order chi connectivity index (χ1) is 12.7. The fourth-order valence-electron chi connectivity index (χ4n) is 2.90. The molecule has 148 valence electrons. The summed E-state index contributed by atoms with van der Waals surface area (Å²) in [5, 5.41) is 6.19. The monoisotopic (exact) mass is 377 g/mol. The first kappa shape index (κ1) is 20.7. The first-order valence-electron chi connectivity index (χ1n) is 9.07. The van der Waals surface area contributed by atoms with Gasteiger partial charge in [-0.3, -0.25) is 9.69 Å². The van der Waals surface area contributed by atoms with E-state index in [2.05, 4.69) is 10.6 Å². The predicted octanol–water partition coefficient (Wildman–Crippen LogP) is 3.80. The highest BCUT2D eigenvalue weighted by molar-refractivity contribution is 5.83. The third-order valence-corrected chi connectivity index (χ3v) is 4.18. The van der Waals surface area contributed by atoms with Gasteiger partial charge < -0.3 is 15.4 Å². The van der Waals surface area contributed by atoms with Crippen LogP contribution in [0.5, 0.6) is 0 Å². The van der Waals surface area contributed by atoms with Crippen LogP contribution >= 0.6 is 0 Å². The summed E-state index contributed by atoms with van der Waals surface area (Å²) in [5.41, 5.74) is 1.51. The molecule has 1 fully saturated rings. The van der Waals surface area contributed by atoms with Crippen LogP contribution in [0.3, 0.4) is 0 Å². The first-order valence-corrected chi connectivity index (χ1v) is 9.07. The highest BCUT2D eigenvalue weighted by atomic mass is 19.1. The van der Waals surface area contributed by atoms with Crippen molar-refractivity contribution in [2.75, 3.05) is 18.9 Å². The van der Waals surface area contributed by atoms with E-state index in [0.29, 0.717) is 12.0 Å². The van der Waals surface area contributed by atoms with Crippen molar-refractivity contribution in [3.8, 4) is 0 Å². The van der Waals surface area contributed by atoms with Crippen LogP contribution in [0.25, 0.3) is 6.08 Å². The van der Waals surface area contributed by atoms with Gasteiger partial charge in [-0.15, -0.1) is 0 Å². The summed E-state index contributed by atoms with van der Waals surface area (Å²) in [4.78, 5) is 24.4. The van der Waals surface area contributed by atoms with Crippen LogP contribution in [-0.2, 0) is 4.74 Å². The molecular weight excluding hydrogens is 349 g/mol. The largest absolute Gasteiger partial charge is 0.444 e. The minimum Gasteiger partial charge on any atom is -0.444 e. The number of carbonyl (C=O) groups excluding carboxylic acids is 2. The smallest absolute Gasteiger partial charge is 0.412 e. The third-order valence-electron chi connectivity index (χ3n) is 4.18. The van der Waals surface area contributed by atoms with Crippen molar-refractivity contribution in [1.29, 1.82) is 0 Å². The third kappa shape index (κ3) is 5.98. The molecule has 1 aromatic carbocycles. The number of piperidine rings is 1. The Hall–Kier alpha value is -2.57. The van der Waals surface area contributed by atoms with E-state index in [1.807, 2.05) is 6.07 Å². The number of halogens is 1. The lowest BCUT2D eigenvalue weighted by atomic mass is 10.0. The number of aldehydes is 1. The Morgan fingerprint density at radius 3 is 2.67 bits per heavy atom. The number of carbonyl (C=O) groups is 2. The normalized spacial score (nSPS) is 20.4. The number of benzene rings is 1. The highest BCUT2D eigenvalue weighted by Crippen LogP contribution is 2.25. The maximum atomic E-state index is 14.5. The van der Waals surface area contributed by atoms with E-state index < -0.39 is 18.0 Å². The minimum atomic E-state index is -1.40. The maximum absolute atomic E-state index is 14.5. The average Bonchev–Trinajstić information content (AvgIpc) is 2.58. The molecule has 27 heavy (non-hydrogen) atoms. The van der Waals surface area contributed by atoms with Gasteiger partial charge in [0, 0.05) is 37.3 Å². The number of anilines is 1.